The lowest BCUT2D eigenvalue weighted by Gasteiger charge is -2.11. The third-order valence-electron chi connectivity index (χ3n) is 2.50. The number of rotatable bonds is 3. The average molecular weight is 265 g/mol. The van der Waals surface area contributed by atoms with E-state index in [0.717, 1.165) is 0 Å². The number of benzene rings is 1. The molecule has 94 valence electrons. The molecule has 0 aliphatic heterocycles. The van der Waals surface area contributed by atoms with Gasteiger partial charge in [-0.3, -0.25) is 4.79 Å². The lowest BCUT2D eigenvalue weighted by atomic mass is 10.1. The number of hydrogen-bond acceptors (Lipinski definition) is 3. The summed E-state index contributed by atoms with van der Waals surface area (Å²) in [6.07, 6.45) is 1.56. The minimum atomic E-state index is -0.242. The van der Waals surface area contributed by atoms with Gasteiger partial charge in [0.2, 0.25) is 0 Å². The van der Waals surface area contributed by atoms with Crippen LogP contribution >= 0.6 is 11.6 Å². The summed E-state index contributed by atoms with van der Waals surface area (Å²) >= 11 is 5.85. The van der Waals surface area contributed by atoms with E-state index in [0.29, 0.717) is 22.0 Å². The first-order valence-corrected chi connectivity index (χ1v) is 5.84. The maximum absolute atomic E-state index is 12.0. The van der Waals surface area contributed by atoms with Crippen LogP contribution in [-0.4, -0.2) is 5.91 Å². The summed E-state index contributed by atoms with van der Waals surface area (Å²) in [6.45, 7) is 1.84. The Bertz CT molecular complexity index is 532. The second-order valence-electron chi connectivity index (χ2n) is 3.98. The van der Waals surface area contributed by atoms with Gasteiger partial charge in [0.1, 0.15) is 5.76 Å². The van der Waals surface area contributed by atoms with Crippen molar-refractivity contribution in [1.29, 1.82) is 0 Å². The van der Waals surface area contributed by atoms with Crippen molar-refractivity contribution in [3.05, 3.63) is 52.9 Å². The first-order chi connectivity index (χ1) is 8.56. The Morgan fingerprint density at radius 3 is 2.83 bits per heavy atom. The fourth-order valence-electron chi connectivity index (χ4n) is 1.63. The molecule has 1 aromatic carbocycles. The number of nitrogen functional groups attached to an aromatic ring is 1. The van der Waals surface area contributed by atoms with Gasteiger partial charge in [-0.1, -0.05) is 11.6 Å². The van der Waals surface area contributed by atoms with Gasteiger partial charge in [0, 0.05) is 16.3 Å². The van der Waals surface area contributed by atoms with Gasteiger partial charge >= 0.3 is 0 Å². The zero-order valence-electron chi connectivity index (χ0n) is 9.81. The molecule has 2 rings (SSSR count). The Kier molecular flexibility index (Phi) is 3.58. The Morgan fingerprint density at radius 1 is 1.44 bits per heavy atom. The van der Waals surface area contributed by atoms with E-state index in [1.807, 2.05) is 6.92 Å². The third-order valence-corrected chi connectivity index (χ3v) is 2.72. The Balaban J connectivity index is 2.12. The summed E-state index contributed by atoms with van der Waals surface area (Å²) in [7, 11) is 0. The van der Waals surface area contributed by atoms with E-state index < -0.39 is 0 Å². The van der Waals surface area contributed by atoms with Gasteiger partial charge in [-0.2, -0.15) is 0 Å². The van der Waals surface area contributed by atoms with Gasteiger partial charge in [-0.05, 0) is 37.3 Å². The van der Waals surface area contributed by atoms with E-state index in [9.17, 15) is 4.79 Å². The number of nitrogens with one attached hydrogen (secondary N) is 1. The summed E-state index contributed by atoms with van der Waals surface area (Å²) in [5.74, 6) is 0.450. The molecule has 5 heteroatoms. The van der Waals surface area contributed by atoms with E-state index in [4.69, 9.17) is 21.8 Å². The smallest absolute Gasteiger partial charge is 0.251 e. The number of furan rings is 1. The molecule has 4 nitrogen and oxygen atoms in total. The summed E-state index contributed by atoms with van der Waals surface area (Å²) in [4.78, 5) is 12.0. The second kappa shape index (κ2) is 5.14. The van der Waals surface area contributed by atoms with Crippen molar-refractivity contribution >= 4 is 23.2 Å². The summed E-state index contributed by atoms with van der Waals surface area (Å²) < 4.78 is 5.21. The molecule has 2 aromatic rings. The van der Waals surface area contributed by atoms with Crippen LogP contribution in [0.4, 0.5) is 5.69 Å². The topological polar surface area (TPSA) is 68.3 Å². The molecule has 18 heavy (non-hydrogen) atoms. The van der Waals surface area contributed by atoms with Gasteiger partial charge in [-0.15, -0.1) is 0 Å². The van der Waals surface area contributed by atoms with E-state index in [-0.39, 0.29) is 11.9 Å². The zero-order chi connectivity index (χ0) is 13.1. The van der Waals surface area contributed by atoms with Crippen LogP contribution < -0.4 is 11.1 Å². The Morgan fingerprint density at radius 2 is 2.22 bits per heavy atom. The number of amides is 1. The number of hydrogen-bond donors (Lipinski definition) is 2. The van der Waals surface area contributed by atoms with E-state index in [2.05, 4.69) is 5.32 Å². The van der Waals surface area contributed by atoms with Crippen LogP contribution in [0.3, 0.4) is 0 Å². The molecule has 1 atom stereocenters. The van der Waals surface area contributed by atoms with Crippen molar-refractivity contribution in [2.45, 2.75) is 13.0 Å². The normalized spacial score (nSPS) is 12.1. The summed E-state index contributed by atoms with van der Waals surface area (Å²) in [5.41, 5.74) is 6.53. The molecule has 0 saturated heterocycles. The SMILES string of the molecule is CC(NC(=O)c1cc(N)cc(Cl)c1)c1ccco1. The lowest BCUT2D eigenvalue weighted by Crippen LogP contribution is -2.26. The van der Waals surface area contributed by atoms with Crippen LogP contribution in [0, 0.1) is 0 Å². The fraction of sp³-hybridized carbons (Fsp3) is 0.154. The number of halogens is 1. The molecule has 0 spiro atoms. The monoisotopic (exact) mass is 264 g/mol. The van der Waals surface area contributed by atoms with Crippen LogP contribution in [0.1, 0.15) is 29.1 Å². The van der Waals surface area contributed by atoms with E-state index >= 15 is 0 Å². The predicted octanol–water partition coefficient (Wildman–Crippen LogP) is 3.01. The minimum Gasteiger partial charge on any atom is -0.467 e. The molecular weight excluding hydrogens is 252 g/mol. The molecule has 0 radical (unpaired) electrons. The zero-order valence-corrected chi connectivity index (χ0v) is 10.6. The number of anilines is 1. The van der Waals surface area contributed by atoms with Gasteiger partial charge in [0.25, 0.3) is 5.91 Å². The predicted molar refractivity (Wildman–Crippen MR) is 70.5 cm³/mol. The maximum atomic E-state index is 12.0. The average Bonchev–Trinajstić information content (AvgIpc) is 2.80. The van der Waals surface area contributed by atoms with Crippen molar-refractivity contribution in [3.8, 4) is 0 Å². The molecule has 0 aliphatic rings. The van der Waals surface area contributed by atoms with Gasteiger partial charge in [-0.25, -0.2) is 0 Å². The summed E-state index contributed by atoms with van der Waals surface area (Å²) in [5, 5.41) is 3.24. The second-order valence-corrected chi connectivity index (χ2v) is 4.42. The van der Waals surface area contributed by atoms with Crippen LogP contribution in [0.15, 0.2) is 41.0 Å². The van der Waals surface area contributed by atoms with Crippen molar-refractivity contribution in [2.75, 3.05) is 5.73 Å². The minimum absolute atomic E-state index is 0.215. The van der Waals surface area contributed by atoms with Crippen molar-refractivity contribution < 1.29 is 9.21 Å². The van der Waals surface area contributed by atoms with Crippen LogP contribution in [0.5, 0.6) is 0 Å². The summed E-state index contributed by atoms with van der Waals surface area (Å²) in [6, 6.07) is 8.10. The standard InChI is InChI=1S/C13H13ClN2O2/c1-8(12-3-2-4-18-12)16-13(17)9-5-10(14)7-11(15)6-9/h2-8H,15H2,1H3,(H,16,17). The third kappa shape index (κ3) is 2.84. The maximum Gasteiger partial charge on any atom is 0.251 e. The van der Waals surface area contributed by atoms with Crippen LogP contribution in [0.25, 0.3) is 0 Å². The number of nitrogens with two attached hydrogens (primary N) is 1. The molecule has 1 aromatic heterocycles. The van der Waals surface area contributed by atoms with Gasteiger partial charge in [0.05, 0.1) is 12.3 Å². The molecule has 0 aliphatic carbocycles. The quantitative estimate of drug-likeness (QED) is 0.838. The van der Waals surface area contributed by atoms with E-state index in [1.165, 1.54) is 0 Å². The largest absolute Gasteiger partial charge is 0.467 e. The highest BCUT2D eigenvalue weighted by atomic mass is 35.5. The van der Waals surface area contributed by atoms with Gasteiger partial charge in [0.15, 0.2) is 0 Å². The molecule has 1 heterocycles. The molecule has 1 amide bonds. The number of carbonyl (C=O) groups excluding carboxylic acids is 1. The molecule has 3 N–H and O–H groups in total. The number of carbonyl (C=O) groups is 1. The highest BCUT2D eigenvalue weighted by Crippen LogP contribution is 2.18. The highest BCUT2D eigenvalue weighted by molar-refractivity contribution is 6.31. The van der Waals surface area contributed by atoms with Crippen molar-refractivity contribution in [1.82, 2.24) is 5.32 Å². The molecule has 1 unspecified atom stereocenters. The molecule has 0 saturated carbocycles. The highest BCUT2D eigenvalue weighted by Gasteiger charge is 2.14. The van der Waals surface area contributed by atoms with Crippen molar-refractivity contribution in [3.63, 3.8) is 0 Å². The molecule has 0 bridgehead atoms. The van der Waals surface area contributed by atoms with E-state index in [1.54, 1.807) is 36.6 Å². The van der Waals surface area contributed by atoms with Crippen molar-refractivity contribution in [2.24, 2.45) is 0 Å². The first-order valence-electron chi connectivity index (χ1n) is 5.46. The van der Waals surface area contributed by atoms with Crippen LogP contribution in [-0.2, 0) is 0 Å². The fourth-order valence-corrected chi connectivity index (χ4v) is 1.88. The molecule has 0 fully saturated rings. The van der Waals surface area contributed by atoms with Gasteiger partial charge < -0.3 is 15.5 Å². The lowest BCUT2D eigenvalue weighted by molar-refractivity contribution is 0.0935. The Hall–Kier alpha value is -1.94. The van der Waals surface area contributed by atoms with Crippen LogP contribution in [0.2, 0.25) is 5.02 Å². The Labute approximate surface area is 110 Å². The molecular formula is C13H13ClN2O2. The first kappa shape index (κ1) is 12.5.